The molecule has 7 heteroatoms. The molecule has 2 aliphatic rings. The molecule has 0 bridgehead atoms. The van der Waals surface area contributed by atoms with E-state index < -0.39 is 0 Å². The summed E-state index contributed by atoms with van der Waals surface area (Å²) in [5, 5.41) is 18.7. The van der Waals surface area contributed by atoms with Crippen molar-refractivity contribution in [3.05, 3.63) is 72.3 Å². The highest BCUT2D eigenvalue weighted by Crippen LogP contribution is 2.42. The van der Waals surface area contributed by atoms with Crippen molar-refractivity contribution in [2.24, 2.45) is 0 Å². The highest BCUT2D eigenvalue weighted by Gasteiger charge is 2.21. The predicted molar refractivity (Wildman–Crippen MR) is 167 cm³/mol. The molecule has 0 aliphatic carbocycles. The van der Waals surface area contributed by atoms with Crippen molar-refractivity contribution in [2.45, 2.75) is 0 Å². The summed E-state index contributed by atoms with van der Waals surface area (Å²) in [5.74, 6) is 0. The Morgan fingerprint density at radius 2 is 1.00 bits per heavy atom. The molecule has 0 radical (unpaired) electrons. The van der Waals surface area contributed by atoms with E-state index in [1.54, 1.807) is 0 Å². The van der Waals surface area contributed by atoms with Gasteiger partial charge in [0, 0.05) is 59.1 Å². The lowest BCUT2D eigenvalue weighted by Crippen LogP contribution is -2.36. The molecule has 2 saturated heterocycles. The van der Waals surface area contributed by atoms with Crippen LogP contribution in [0.3, 0.4) is 0 Å². The maximum atomic E-state index is 10.3. The van der Waals surface area contributed by atoms with Gasteiger partial charge in [-0.25, -0.2) is 0 Å². The summed E-state index contributed by atoms with van der Waals surface area (Å²) in [4.78, 5) is 4.71. The van der Waals surface area contributed by atoms with E-state index in [-0.39, 0.29) is 0 Å². The third-order valence-corrected chi connectivity index (χ3v) is 8.95. The van der Waals surface area contributed by atoms with Crippen LogP contribution in [-0.4, -0.2) is 52.6 Å². The fourth-order valence-electron chi connectivity index (χ4n) is 6.74. The van der Waals surface area contributed by atoms with E-state index in [1.807, 2.05) is 0 Å². The number of ether oxygens (including phenoxy) is 2. The van der Waals surface area contributed by atoms with Crippen LogP contribution in [0.4, 0.5) is 11.4 Å². The molecular formula is C35H27N3O4. The molecule has 42 heavy (non-hydrogen) atoms. The lowest BCUT2D eigenvalue weighted by atomic mass is 10.0. The van der Waals surface area contributed by atoms with Crippen molar-refractivity contribution in [3.8, 4) is 6.07 Å². The van der Waals surface area contributed by atoms with E-state index in [4.69, 9.17) is 18.3 Å². The fraction of sp³-hybridized carbons (Fsp3) is 0.229. The first-order valence-corrected chi connectivity index (χ1v) is 14.5. The smallest absolute Gasteiger partial charge is 0.157 e. The third-order valence-electron chi connectivity index (χ3n) is 8.95. The number of hydrogen-bond acceptors (Lipinski definition) is 7. The van der Waals surface area contributed by atoms with E-state index in [2.05, 4.69) is 82.6 Å². The first-order valence-electron chi connectivity index (χ1n) is 14.5. The van der Waals surface area contributed by atoms with Crippen LogP contribution in [0.25, 0.3) is 65.4 Å². The van der Waals surface area contributed by atoms with Gasteiger partial charge in [-0.15, -0.1) is 0 Å². The van der Waals surface area contributed by atoms with Crippen LogP contribution >= 0.6 is 0 Å². The maximum Gasteiger partial charge on any atom is 0.157 e. The number of morpholine rings is 2. The number of rotatable bonds is 2. The first kappa shape index (κ1) is 23.9. The first-order chi connectivity index (χ1) is 20.7. The number of benzene rings is 5. The monoisotopic (exact) mass is 553 g/mol. The number of fused-ring (bicyclic) bond motifs is 8. The van der Waals surface area contributed by atoms with Crippen LogP contribution < -0.4 is 9.80 Å². The molecule has 9 rings (SSSR count). The third kappa shape index (κ3) is 3.59. The second-order valence-electron chi connectivity index (χ2n) is 11.3. The number of nitriles is 1. The minimum absolute atomic E-state index is 0.436. The van der Waals surface area contributed by atoms with Gasteiger partial charge >= 0.3 is 0 Å². The molecule has 2 fully saturated rings. The predicted octanol–water partition coefficient (Wildman–Crippen LogP) is 7.34. The maximum absolute atomic E-state index is 10.3. The SMILES string of the molecule is N#Cc1c2oc3cc4cc(N5CCOCC5)ccc4cc3c2cc2c1oc1cc3cc(N4CCOCC4)ccc3cc12. The molecule has 4 heterocycles. The van der Waals surface area contributed by atoms with Gasteiger partial charge in [-0.2, -0.15) is 5.26 Å². The minimum atomic E-state index is 0.436. The number of anilines is 2. The number of hydrogen-bond donors (Lipinski definition) is 0. The Labute approximate surface area is 241 Å². The molecule has 7 nitrogen and oxygen atoms in total. The summed E-state index contributed by atoms with van der Waals surface area (Å²) < 4.78 is 23.9. The average Bonchev–Trinajstić information content (AvgIpc) is 3.58. The van der Waals surface area contributed by atoms with Crippen LogP contribution in [0.1, 0.15) is 5.56 Å². The van der Waals surface area contributed by atoms with Crippen LogP contribution in [0, 0.1) is 11.3 Å². The van der Waals surface area contributed by atoms with Gasteiger partial charge in [0.25, 0.3) is 0 Å². The highest BCUT2D eigenvalue weighted by molar-refractivity contribution is 6.20. The molecule has 0 saturated carbocycles. The summed E-state index contributed by atoms with van der Waals surface area (Å²) >= 11 is 0. The molecule has 2 aromatic heterocycles. The standard InChI is InChI=1S/C35H27N3O4/c36-20-31-34-29(27-15-21-1-3-25(37-5-9-39-10-6-37)13-23(21)17-32(27)41-34)19-30-28-16-22-2-4-26(38-7-11-40-12-8-38)14-24(22)18-33(28)42-35(30)31/h1-4,13-19H,5-12H2. The van der Waals surface area contributed by atoms with Crippen molar-refractivity contribution in [3.63, 3.8) is 0 Å². The lowest BCUT2D eigenvalue weighted by molar-refractivity contribution is 0.122. The van der Waals surface area contributed by atoms with Crippen LogP contribution in [0.15, 0.2) is 75.6 Å². The second-order valence-corrected chi connectivity index (χ2v) is 11.3. The Bertz CT molecular complexity index is 2090. The van der Waals surface area contributed by atoms with Crippen LogP contribution in [0.2, 0.25) is 0 Å². The minimum Gasteiger partial charge on any atom is -0.454 e. The second kappa shape index (κ2) is 9.12. The summed E-state index contributed by atoms with van der Waals surface area (Å²) in [6.45, 7) is 6.56. The van der Waals surface area contributed by atoms with Crippen molar-refractivity contribution < 1.29 is 18.3 Å². The van der Waals surface area contributed by atoms with Gasteiger partial charge in [-0.1, -0.05) is 12.1 Å². The quantitative estimate of drug-likeness (QED) is 0.222. The number of furan rings is 2. The summed E-state index contributed by atoms with van der Waals surface area (Å²) in [6, 6.07) is 26.2. The fourth-order valence-corrected chi connectivity index (χ4v) is 6.74. The average molecular weight is 554 g/mol. The van der Waals surface area contributed by atoms with Gasteiger partial charge in [0.15, 0.2) is 11.2 Å². The van der Waals surface area contributed by atoms with Gasteiger partial charge in [0.1, 0.15) is 22.8 Å². The molecule has 2 aliphatic heterocycles. The summed E-state index contributed by atoms with van der Waals surface area (Å²) in [6.07, 6.45) is 0. The van der Waals surface area contributed by atoms with E-state index in [9.17, 15) is 5.26 Å². The zero-order valence-electron chi connectivity index (χ0n) is 23.0. The molecule has 0 spiro atoms. The molecule has 206 valence electrons. The van der Waals surface area contributed by atoms with Crippen molar-refractivity contribution in [2.75, 3.05) is 62.4 Å². The number of nitrogens with zero attached hydrogens (tertiary/aromatic N) is 3. The summed E-state index contributed by atoms with van der Waals surface area (Å²) in [5.41, 5.74) is 5.49. The van der Waals surface area contributed by atoms with E-state index in [0.29, 0.717) is 16.7 Å². The molecule has 0 N–H and O–H groups in total. The Kier molecular flexibility index (Phi) is 5.19. The molecular weight excluding hydrogens is 526 g/mol. The van der Waals surface area contributed by atoms with Crippen molar-refractivity contribution in [1.29, 1.82) is 5.26 Å². The zero-order valence-corrected chi connectivity index (χ0v) is 23.0. The lowest BCUT2D eigenvalue weighted by Gasteiger charge is -2.29. The van der Waals surface area contributed by atoms with Gasteiger partial charge in [-0.05, 0) is 76.1 Å². The molecule has 7 aromatic rings. The molecule has 5 aromatic carbocycles. The topological polar surface area (TPSA) is 75.0 Å². The molecule has 0 atom stereocenters. The highest BCUT2D eigenvalue weighted by atomic mass is 16.5. The van der Waals surface area contributed by atoms with Gasteiger partial charge in [-0.3, -0.25) is 0 Å². The van der Waals surface area contributed by atoms with Gasteiger partial charge in [0.05, 0.1) is 26.4 Å². The Hall–Kier alpha value is -4.77. The largest absolute Gasteiger partial charge is 0.454 e. The van der Waals surface area contributed by atoms with Crippen molar-refractivity contribution >= 4 is 76.8 Å². The molecule has 0 amide bonds. The van der Waals surface area contributed by atoms with Crippen LogP contribution in [0.5, 0.6) is 0 Å². The Balaban J connectivity index is 1.22. The normalized spacial score (nSPS) is 16.5. The molecule has 0 unspecified atom stereocenters. The van der Waals surface area contributed by atoms with Gasteiger partial charge < -0.3 is 28.1 Å². The Morgan fingerprint density at radius 3 is 1.45 bits per heavy atom. The van der Waals surface area contributed by atoms with Crippen molar-refractivity contribution in [1.82, 2.24) is 0 Å². The Morgan fingerprint density at radius 1 is 0.524 bits per heavy atom. The van der Waals surface area contributed by atoms with E-state index in [1.165, 1.54) is 11.4 Å². The summed E-state index contributed by atoms with van der Waals surface area (Å²) in [7, 11) is 0. The van der Waals surface area contributed by atoms with Crippen LogP contribution in [-0.2, 0) is 9.47 Å². The zero-order chi connectivity index (χ0) is 27.8. The van der Waals surface area contributed by atoms with Gasteiger partial charge in [0.2, 0.25) is 0 Å². The van der Waals surface area contributed by atoms with E-state index >= 15 is 0 Å². The van der Waals surface area contributed by atoms with E-state index in [0.717, 1.165) is 107 Å².